The molecule has 1 rings (SSSR count). The normalized spacial score (nSPS) is 11.5. The van der Waals surface area contributed by atoms with Crippen LogP contribution in [0.1, 0.15) is 5.56 Å². The molecule has 78 valence electrons. The van der Waals surface area contributed by atoms with Gasteiger partial charge in [0.15, 0.2) is 0 Å². The van der Waals surface area contributed by atoms with E-state index in [4.69, 9.17) is 5.73 Å². The molecule has 0 aromatic heterocycles. The van der Waals surface area contributed by atoms with E-state index in [2.05, 4.69) is 4.72 Å². The first kappa shape index (κ1) is 11.0. The standard InChI is InChI=1S/C9H14N2O2S/c1-14(12,13)11-7-6-8-4-2-3-5-9(8)10/h2-5,11H,6-7,10H2,1H3. The number of hydrogen-bond donors (Lipinski definition) is 2. The number of hydrogen-bond acceptors (Lipinski definition) is 3. The number of rotatable bonds is 4. The summed E-state index contributed by atoms with van der Waals surface area (Å²) in [6.45, 7) is 0.382. The molecule has 1 aromatic carbocycles. The van der Waals surface area contributed by atoms with E-state index in [0.29, 0.717) is 18.7 Å². The topological polar surface area (TPSA) is 72.2 Å². The summed E-state index contributed by atoms with van der Waals surface area (Å²) in [7, 11) is -3.10. The van der Waals surface area contributed by atoms with Gasteiger partial charge in [-0.05, 0) is 18.1 Å². The average molecular weight is 214 g/mol. The van der Waals surface area contributed by atoms with Crippen molar-refractivity contribution in [1.82, 2.24) is 4.72 Å². The van der Waals surface area contributed by atoms with Gasteiger partial charge in [0.25, 0.3) is 0 Å². The molecule has 0 amide bonds. The molecule has 0 radical (unpaired) electrons. The van der Waals surface area contributed by atoms with Crippen LogP contribution in [0.4, 0.5) is 5.69 Å². The van der Waals surface area contributed by atoms with E-state index in [1.54, 1.807) is 6.07 Å². The van der Waals surface area contributed by atoms with Gasteiger partial charge in [-0.3, -0.25) is 0 Å². The van der Waals surface area contributed by atoms with E-state index in [-0.39, 0.29) is 0 Å². The van der Waals surface area contributed by atoms with Gasteiger partial charge in [-0.25, -0.2) is 13.1 Å². The van der Waals surface area contributed by atoms with Gasteiger partial charge in [-0.15, -0.1) is 0 Å². The molecule has 5 heteroatoms. The minimum atomic E-state index is -3.10. The Hall–Kier alpha value is -1.07. The minimum absolute atomic E-state index is 0.382. The molecule has 0 atom stereocenters. The third-order valence-corrected chi connectivity index (χ3v) is 2.54. The molecule has 0 fully saturated rings. The lowest BCUT2D eigenvalue weighted by molar-refractivity contribution is 0.588. The van der Waals surface area contributed by atoms with Crippen LogP contribution in [0.2, 0.25) is 0 Å². The van der Waals surface area contributed by atoms with Crippen LogP contribution in [0.3, 0.4) is 0 Å². The number of anilines is 1. The van der Waals surface area contributed by atoms with Crippen molar-refractivity contribution in [2.45, 2.75) is 6.42 Å². The van der Waals surface area contributed by atoms with Crippen molar-refractivity contribution in [3.8, 4) is 0 Å². The molecule has 0 aliphatic rings. The predicted molar refractivity (Wildman–Crippen MR) is 57.4 cm³/mol. The summed E-state index contributed by atoms with van der Waals surface area (Å²) >= 11 is 0. The first-order valence-electron chi connectivity index (χ1n) is 4.27. The number of nitrogens with two attached hydrogens (primary N) is 1. The van der Waals surface area contributed by atoms with Crippen LogP contribution in [0.5, 0.6) is 0 Å². The van der Waals surface area contributed by atoms with Gasteiger partial charge in [0.1, 0.15) is 0 Å². The zero-order valence-corrected chi connectivity index (χ0v) is 8.84. The van der Waals surface area contributed by atoms with Gasteiger partial charge in [-0.1, -0.05) is 18.2 Å². The van der Waals surface area contributed by atoms with Crippen molar-refractivity contribution in [1.29, 1.82) is 0 Å². The van der Waals surface area contributed by atoms with E-state index < -0.39 is 10.0 Å². The highest BCUT2D eigenvalue weighted by molar-refractivity contribution is 7.88. The van der Waals surface area contributed by atoms with E-state index in [1.807, 2.05) is 18.2 Å². The molecule has 14 heavy (non-hydrogen) atoms. The number of nitrogen functional groups attached to an aromatic ring is 1. The Bertz CT molecular complexity index is 401. The largest absolute Gasteiger partial charge is 0.399 e. The predicted octanol–water partition coefficient (Wildman–Crippen LogP) is 0.360. The van der Waals surface area contributed by atoms with Gasteiger partial charge in [0.05, 0.1) is 6.26 Å². The zero-order valence-electron chi connectivity index (χ0n) is 8.03. The second-order valence-corrected chi connectivity index (χ2v) is 4.95. The Kier molecular flexibility index (Phi) is 3.49. The fourth-order valence-corrected chi connectivity index (χ4v) is 1.61. The van der Waals surface area contributed by atoms with Crippen LogP contribution in [0.15, 0.2) is 24.3 Å². The molecular formula is C9H14N2O2S. The molecule has 0 saturated carbocycles. The van der Waals surface area contributed by atoms with Gasteiger partial charge >= 0.3 is 0 Å². The maximum absolute atomic E-state index is 10.8. The molecule has 3 N–H and O–H groups in total. The van der Waals surface area contributed by atoms with Crippen LogP contribution in [0, 0.1) is 0 Å². The summed E-state index contributed by atoms with van der Waals surface area (Å²) in [5.41, 5.74) is 7.35. The van der Waals surface area contributed by atoms with Gasteiger partial charge in [0, 0.05) is 12.2 Å². The second kappa shape index (κ2) is 4.43. The third kappa shape index (κ3) is 3.76. The summed E-state index contributed by atoms with van der Waals surface area (Å²) in [5.74, 6) is 0. The summed E-state index contributed by atoms with van der Waals surface area (Å²) in [6, 6.07) is 7.42. The lowest BCUT2D eigenvalue weighted by Gasteiger charge is -2.05. The van der Waals surface area contributed by atoms with Crippen molar-refractivity contribution in [3.05, 3.63) is 29.8 Å². The lowest BCUT2D eigenvalue weighted by atomic mass is 10.1. The van der Waals surface area contributed by atoms with Crippen molar-refractivity contribution >= 4 is 15.7 Å². The Morgan fingerprint density at radius 2 is 2.00 bits per heavy atom. The van der Waals surface area contributed by atoms with Gasteiger partial charge in [-0.2, -0.15) is 0 Å². The first-order valence-corrected chi connectivity index (χ1v) is 6.16. The van der Waals surface area contributed by atoms with Gasteiger partial charge < -0.3 is 5.73 Å². The third-order valence-electron chi connectivity index (χ3n) is 1.81. The van der Waals surface area contributed by atoms with Crippen molar-refractivity contribution < 1.29 is 8.42 Å². The van der Waals surface area contributed by atoms with Crippen LogP contribution < -0.4 is 10.5 Å². The van der Waals surface area contributed by atoms with Crippen LogP contribution in [-0.2, 0) is 16.4 Å². The van der Waals surface area contributed by atoms with Crippen molar-refractivity contribution in [2.24, 2.45) is 0 Å². The average Bonchev–Trinajstić information content (AvgIpc) is 2.06. The second-order valence-electron chi connectivity index (χ2n) is 3.12. The zero-order chi connectivity index (χ0) is 10.6. The molecule has 0 unspecified atom stereocenters. The van der Waals surface area contributed by atoms with E-state index in [9.17, 15) is 8.42 Å². The molecule has 4 nitrogen and oxygen atoms in total. The molecule has 0 spiro atoms. The number of nitrogens with one attached hydrogen (secondary N) is 1. The van der Waals surface area contributed by atoms with Crippen molar-refractivity contribution in [2.75, 3.05) is 18.5 Å². The SMILES string of the molecule is CS(=O)(=O)NCCc1ccccc1N. The quantitative estimate of drug-likeness (QED) is 0.711. The summed E-state index contributed by atoms with van der Waals surface area (Å²) in [5, 5.41) is 0. The molecule has 0 aliphatic carbocycles. The summed E-state index contributed by atoms with van der Waals surface area (Å²) < 4.78 is 23.9. The smallest absolute Gasteiger partial charge is 0.208 e. The maximum Gasteiger partial charge on any atom is 0.208 e. The molecule has 0 bridgehead atoms. The van der Waals surface area contributed by atoms with E-state index in [1.165, 1.54) is 0 Å². The van der Waals surface area contributed by atoms with Crippen LogP contribution >= 0.6 is 0 Å². The highest BCUT2D eigenvalue weighted by Crippen LogP contribution is 2.10. The maximum atomic E-state index is 10.8. The van der Waals surface area contributed by atoms with Gasteiger partial charge in [0.2, 0.25) is 10.0 Å². The van der Waals surface area contributed by atoms with E-state index >= 15 is 0 Å². The van der Waals surface area contributed by atoms with E-state index in [0.717, 1.165) is 11.8 Å². The number of para-hydroxylation sites is 1. The fourth-order valence-electron chi connectivity index (χ4n) is 1.13. The highest BCUT2D eigenvalue weighted by atomic mass is 32.2. The van der Waals surface area contributed by atoms with Crippen LogP contribution in [-0.4, -0.2) is 21.2 Å². The minimum Gasteiger partial charge on any atom is -0.399 e. The molecule has 0 aliphatic heterocycles. The number of benzene rings is 1. The van der Waals surface area contributed by atoms with Crippen molar-refractivity contribution in [3.63, 3.8) is 0 Å². The highest BCUT2D eigenvalue weighted by Gasteiger charge is 2.01. The molecule has 0 heterocycles. The molecule has 1 aromatic rings. The summed E-state index contributed by atoms with van der Waals surface area (Å²) in [6.07, 6.45) is 1.75. The van der Waals surface area contributed by atoms with Crippen LogP contribution in [0.25, 0.3) is 0 Å². The Balaban J connectivity index is 2.51. The Labute approximate surface area is 84.2 Å². The summed E-state index contributed by atoms with van der Waals surface area (Å²) in [4.78, 5) is 0. The molecule has 0 saturated heterocycles. The molecular weight excluding hydrogens is 200 g/mol. The monoisotopic (exact) mass is 214 g/mol. The Morgan fingerprint density at radius 1 is 1.36 bits per heavy atom. The fraction of sp³-hybridized carbons (Fsp3) is 0.333. The first-order chi connectivity index (χ1) is 6.49. The lowest BCUT2D eigenvalue weighted by Crippen LogP contribution is -2.24. The Morgan fingerprint density at radius 3 is 2.57 bits per heavy atom. The number of sulfonamides is 1.